The Morgan fingerprint density at radius 1 is 1.31 bits per heavy atom. The average molecular weight is 190 g/mol. The van der Waals surface area contributed by atoms with Crippen LogP contribution in [0.25, 0.3) is 11.0 Å². The van der Waals surface area contributed by atoms with E-state index in [2.05, 4.69) is 49.6 Å². The van der Waals surface area contributed by atoms with Crippen LogP contribution < -0.4 is 0 Å². The van der Waals surface area contributed by atoms with Crippen LogP contribution in [0.3, 0.4) is 0 Å². The largest absolute Gasteiger partial charge is 0.521 e. The molecule has 0 radical (unpaired) electrons. The van der Waals surface area contributed by atoms with E-state index >= 15 is 0 Å². The molecule has 0 aliphatic rings. The predicted molar refractivity (Wildman–Crippen MR) is 58.4 cm³/mol. The lowest BCUT2D eigenvalue weighted by molar-refractivity contribution is 0.938. The van der Waals surface area contributed by atoms with Gasteiger partial charge >= 0.3 is 0 Å². The van der Waals surface area contributed by atoms with E-state index in [-0.39, 0.29) is 0 Å². The van der Waals surface area contributed by atoms with Crippen molar-refractivity contribution in [1.82, 2.24) is 4.57 Å². The van der Waals surface area contributed by atoms with Crippen LogP contribution in [0.2, 0.25) is 0 Å². The van der Waals surface area contributed by atoms with Gasteiger partial charge in [-0.3, -0.25) is 0 Å². The molecule has 0 unspecified atom stereocenters. The summed E-state index contributed by atoms with van der Waals surface area (Å²) in [5.74, 6) is 2.28. The Kier molecular flexibility index (Phi) is 2.05. The van der Waals surface area contributed by atoms with Crippen molar-refractivity contribution in [2.24, 2.45) is 7.05 Å². The molecule has 2 aromatic heterocycles. The molecule has 0 atom stereocenters. The van der Waals surface area contributed by atoms with Gasteiger partial charge in [-0.25, -0.2) is 5.80 Å². The van der Waals surface area contributed by atoms with E-state index in [0.29, 0.717) is 0 Å². The second-order valence-electron chi connectivity index (χ2n) is 3.42. The topological polar surface area (TPSA) is 4.93 Å². The van der Waals surface area contributed by atoms with E-state index in [9.17, 15) is 0 Å². The SMILES string of the molecule is Cc1c[p-]c(-c2cccn2C)c1C. The molecular weight excluding hydrogens is 177 g/mol. The molecule has 1 nitrogen and oxygen atoms in total. The lowest BCUT2D eigenvalue weighted by Gasteiger charge is -2.10. The van der Waals surface area contributed by atoms with Crippen molar-refractivity contribution in [2.45, 2.75) is 13.8 Å². The standard InChI is InChI=1S/C11H13NP/c1-8-7-13-11(9(8)2)10-5-4-6-12(10)3/h4-7H,1-3H3/q-1. The smallest absolute Gasteiger partial charge is 0.0160 e. The van der Waals surface area contributed by atoms with E-state index in [1.54, 1.807) is 0 Å². The molecule has 0 aromatic carbocycles. The zero-order valence-electron chi connectivity index (χ0n) is 8.20. The molecular formula is C11H13NP-. The molecule has 0 N–H and O–H groups in total. The molecule has 0 saturated heterocycles. The molecule has 0 spiro atoms. The molecule has 0 fully saturated rings. The van der Waals surface area contributed by atoms with Gasteiger partial charge in [-0.1, -0.05) is 11.1 Å². The molecule has 2 heterocycles. The molecule has 0 aliphatic carbocycles. The minimum Gasteiger partial charge on any atom is -0.521 e. The van der Waals surface area contributed by atoms with Gasteiger partial charge in [0.1, 0.15) is 0 Å². The first-order valence-corrected chi connectivity index (χ1v) is 5.37. The zero-order chi connectivity index (χ0) is 9.42. The number of rotatable bonds is 1. The van der Waals surface area contributed by atoms with Gasteiger partial charge in [0.25, 0.3) is 0 Å². The lowest BCUT2D eigenvalue weighted by Crippen LogP contribution is -1.88. The maximum absolute atomic E-state index is 2.28. The molecule has 0 amide bonds. The summed E-state index contributed by atoms with van der Waals surface area (Å²) < 4.78 is 2.18. The quantitative estimate of drug-likeness (QED) is 0.647. The Bertz CT molecular complexity index is 423. The molecule has 2 heteroatoms. The van der Waals surface area contributed by atoms with Crippen molar-refractivity contribution < 1.29 is 0 Å². The van der Waals surface area contributed by atoms with Crippen molar-refractivity contribution in [3.63, 3.8) is 0 Å². The van der Waals surface area contributed by atoms with Gasteiger partial charge in [-0.15, -0.1) is 0 Å². The van der Waals surface area contributed by atoms with Crippen LogP contribution >= 0.6 is 8.19 Å². The van der Waals surface area contributed by atoms with Crippen molar-refractivity contribution in [1.29, 1.82) is 0 Å². The summed E-state index contributed by atoms with van der Waals surface area (Å²) in [5, 5.41) is 1.45. The second kappa shape index (κ2) is 3.08. The zero-order valence-corrected chi connectivity index (χ0v) is 9.10. The Balaban J connectivity index is 2.59. The van der Waals surface area contributed by atoms with Crippen LogP contribution in [0.5, 0.6) is 0 Å². The number of hydrogen-bond acceptors (Lipinski definition) is 0. The van der Waals surface area contributed by atoms with Crippen molar-refractivity contribution in [2.75, 3.05) is 0 Å². The maximum atomic E-state index is 2.28. The van der Waals surface area contributed by atoms with Crippen LogP contribution in [0.15, 0.2) is 24.1 Å². The number of hydrogen-bond donors (Lipinski definition) is 0. The van der Waals surface area contributed by atoms with Crippen LogP contribution in [0, 0.1) is 13.8 Å². The van der Waals surface area contributed by atoms with E-state index < -0.39 is 0 Å². The lowest BCUT2D eigenvalue weighted by atomic mass is 10.1. The molecule has 2 rings (SSSR count). The minimum absolute atomic E-state index is 1.34. The van der Waals surface area contributed by atoms with Crippen LogP contribution in [-0.2, 0) is 7.05 Å². The third-order valence-corrected chi connectivity index (χ3v) is 3.86. The number of aryl methyl sites for hydroxylation is 2. The minimum atomic E-state index is 1.34. The highest BCUT2D eigenvalue weighted by atomic mass is 31.0. The van der Waals surface area contributed by atoms with Crippen LogP contribution in [0.1, 0.15) is 11.1 Å². The van der Waals surface area contributed by atoms with E-state index in [0.717, 1.165) is 0 Å². The summed E-state index contributed by atoms with van der Waals surface area (Å²) in [6.07, 6.45) is 2.10. The van der Waals surface area contributed by atoms with Crippen molar-refractivity contribution in [3.8, 4) is 11.0 Å². The van der Waals surface area contributed by atoms with Gasteiger partial charge in [0, 0.05) is 18.9 Å². The van der Waals surface area contributed by atoms with Crippen LogP contribution in [-0.4, -0.2) is 4.57 Å². The number of nitrogens with zero attached hydrogens (tertiary/aromatic N) is 1. The monoisotopic (exact) mass is 190 g/mol. The van der Waals surface area contributed by atoms with Gasteiger partial charge in [-0.05, 0) is 26.0 Å². The maximum Gasteiger partial charge on any atom is 0.0160 e. The van der Waals surface area contributed by atoms with Gasteiger partial charge < -0.3 is 12.8 Å². The summed E-state index contributed by atoms with van der Waals surface area (Å²) in [7, 11) is 3.43. The van der Waals surface area contributed by atoms with Crippen molar-refractivity contribution >= 4 is 8.19 Å². The highest BCUT2D eigenvalue weighted by Gasteiger charge is 1.98. The molecule has 0 bridgehead atoms. The van der Waals surface area contributed by atoms with Gasteiger partial charge in [-0.2, -0.15) is 5.30 Å². The fourth-order valence-electron chi connectivity index (χ4n) is 1.51. The first-order chi connectivity index (χ1) is 6.20. The first-order valence-electron chi connectivity index (χ1n) is 4.40. The summed E-state index contributed by atoms with van der Waals surface area (Å²) in [6, 6.07) is 4.27. The number of aromatic nitrogens is 1. The average Bonchev–Trinajstić information content (AvgIpc) is 2.62. The Morgan fingerprint density at radius 3 is 2.54 bits per heavy atom. The molecule has 0 saturated carbocycles. The normalized spacial score (nSPS) is 11.3. The third kappa shape index (κ3) is 1.34. The summed E-state index contributed by atoms with van der Waals surface area (Å²) in [4.78, 5) is 0. The molecule has 13 heavy (non-hydrogen) atoms. The van der Waals surface area contributed by atoms with Crippen LogP contribution in [0.4, 0.5) is 0 Å². The Labute approximate surface area is 80.5 Å². The summed E-state index contributed by atoms with van der Waals surface area (Å²) >= 11 is 0. The first kappa shape index (κ1) is 8.65. The van der Waals surface area contributed by atoms with E-state index in [4.69, 9.17) is 0 Å². The predicted octanol–water partition coefficient (Wildman–Crippen LogP) is 3.61. The fraction of sp³-hybridized carbons (Fsp3) is 0.273. The Morgan fingerprint density at radius 2 is 2.08 bits per heavy atom. The molecule has 68 valence electrons. The van der Waals surface area contributed by atoms with Gasteiger partial charge in [0.05, 0.1) is 0 Å². The second-order valence-corrected chi connectivity index (χ2v) is 4.38. The van der Waals surface area contributed by atoms with Gasteiger partial charge in [0.15, 0.2) is 0 Å². The van der Waals surface area contributed by atoms with Crippen molar-refractivity contribution in [3.05, 3.63) is 35.3 Å². The summed E-state index contributed by atoms with van der Waals surface area (Å²) in [5.41, 5.74) is 4.19. The molecule has 2 aromatic rings. The fourth-order valence-corrected chi connectivity index (χ4v) is 2.76. The highest BCUT2D eigenvalue weighted by Crippen LogP contribution is 2.35. The Hall–Kier alpha value is -0.940. The third-order valence-electron chi connectivity index (χ3n) is 2.52. The van der Waals surface area contributed by atoms with E-state index in [1.165, 1.54) is 30.3 Å². The summed E-state index contributed by atoms with van der Waals surface area (Å²) in [6.45, 7) is 4.38. The van der Waals surface area contributed by atoms with E-state index in [1.807, 2.05) is 0 Å². The highest BCUT2D eigenvalue weighted by molar-refractivity contribution is 7.33. The van der Waals surface area contributed by atoms with Gasteiger partial charge in [0.2, 0.25) is 0 Å². The molecule has 0 aliphatic heterocycles.